The minimum absolute atomic E-state index is 0.0983. The Morgan fingerprint density at radius 1 is 1.03 bits per heavy atom. The first-order chi connectivity index (χ1) is 15.9. The number of rotatable bonds is 5. The molecule has 2 saturated heterocycles. The van der Waals surface area contributed by atoms with Crippen LogP contribution in [0.5, 0.6) is 0 Å². The quantitative estimate of drug-likeness (QED) is 0.650. The van der Waals surface area contributed by atoms with Crippen LogP contribution in [-0.2, 0) is 14.8 Å². The molecule has 8 heteroatoms. The fourth-order valence-corrected chi connectivity index (χ4v) is 6.49. The van der Waals surface area contributed by atoms with Crippen LogP contribution in [0.2, 0.25) is 0 Å². The number of piperidine rings is 1. The number of benzene rings is 1. The van der Waals surface area contributed by atoms with Gasteiger partial charge in [0.2, 0.25) is 15.9 Å². The van der Waals surface area contributed by atoms with Crippen molar-refractivity contribution in [1.29, 1.82) is 0 Å². The summed E-state index contributed by atoms with van der Waals surface area (Å²) >= 11 is 0. The van der Waals surface area contributed by atoms with Gasteiger partial charge in [-0.25, -0.2) is 8.42 Å². The zero-order valence-electron chi connectivity index (χ0n) is 19.5. The molecule has 0 unspecified atom stereocenters. The van der Waals surface area contributed by atoms with Gasteiger partial charge in [-0.15, -0.1) is 0 Å². The van der Waals surface area contributed by atoms with E-state index in [0.717, 1.165) is 37.1 Å². The Morgan fingerprint density at radius 3 is 2.39 bits per heavy atom. The Morgan fingerprint density at radius 2 is 1.73 bits per heavy atom. The maximum atomic E-state index is 13.5. The van der Waals surface area contributed by atoms with Crippen molar-refractivity contribution in [3.8, 4) is 0 Å². The van der Waals surface area contributed by atoms with Crippen molar-refractivity contribution in [3.63, 3.8) is 0 Å². The molecule has 1 amide bonds. The molecular formula is C25H33N3O4S. The van der Waals surface area contributed by atoms with E-state index in [0.29, 0.717) is 31.6 Å². The van der Waals surface area contributed by atoms with Gasteiger partial charge in [-0.1, -0.05) is 53.9 Å². The molecule has 4 rings (SSSR count). The molecule has 2 aliphatic rings. The van der Waals surface area contributed by atoms with Gasteiger partial charge in [-0.2, -0.15) is 4.31 Å². The minimum Gasteiger partial charge on any atom is -0.355 e. The van der Waals surface area contributed by atoms with Gasteiger partial charge < -0.3 is 9.42 Å². The lowest BCUT2D eigenvalue weighted by Crippen LogP contribution is -2.44. The standard InChI is InChI=1S/C25H33N3O4S/c1-19-8-7-9-21(18-19)10-11-23-24(20(2)26-32-23)33(30,31)28-16-12-22(13-17-28)25(29)27-14-5-3-4-6-15-27/h7-11,18,22H,3-6,12-17H2,1-2H3. The van der Waals surface area contributed by atoms with E-state index < -0.39 is 10.0 Å². The third-order valence-corrected chi connectivity index (χ3v) is 8.68. The number of likely N-dealkylation sites (tertiary alicyclic amines) is 1. The zero-order valence-corrected chi connectivity index (χ0v) is 20.3. The molecule has 0 radical (unpaired) electrons. The number of nitrogens with zero attached hydrogens (tertiary/aromatic N) is 3. The van der Waals surface area contributed by atoms with Crippen LogP contribution in [0.4, 0.5) is 0 Å². The number of sulfonamides is 1. The van der Waals surface area contributed by atoms with Crippen LogP contribution in [0.25, 0.3) is 12.2 Å². The Bertz CT molecular complexity index is 1110. The topological polar surface area (TPSA) is 83.7 Å². The fourth-order valence-electron chi connectivity index (χ4n) is 4.77. The Kier molecular flexibility index (Phi) is 7.34. The average molecular weight is 472 g/mol. The summed E-state index contributed by atoms with van der Waals surface area (Å²) in [7, 11) is -3.77. The molecule has 0 aliphatic carbocycles. The van der Waals surface area contributed by atoms with Crippen LogP contribution >= 0.6 is 0 Å². The van der Waals surface area contributed by atoms with Crippen molar-refractivity contribution in [2.75, 3.05) is 26.2 Å². The molecule has 0 bridgehead atoms. The molecule has 3 heterocycles. The highest BCUT2D eigenvalue weighted by Gasteiger charge is 2.36. The summed E-state index contributed by atoms with van der Waals surface area (Å²) in [6, 6.07) is 7.93. The minimum atomic E-state index is -3.77. The fraction of sp³-hybridized carbons (Fsp3) is 0.520. The molecule has 1 aromatic carbocycles. The van der Waals surface area contributed by atoms with Crippen LogP contribution in [0.1, 0.15) is 61.1 Å². The SMILES string of the molecule is Cc1cccc(C=Cc2onc(C)c2S(=O)(=O)N2CCC(C(=O)N3CCCCCC3)CC2)c1. The number of carbonyl (C=O) groups excluding carboxylic acids is 1. The lowest BCUT2D eigenvalue weighted by atomic mass is 9.96. The number of hydrogen-bond donors (Lipinski definition) is 0. The van der Waals surface area contributed by atoms with Gasteiger partial charge in [-0.3, -0.25) is 4.79 Å². The summed E-state index contributed by atoms with van der Waals surface area (Å²) in [5.41, 5.74) is 2.43. The maximum Gasteiger partial charge on any atom is 0.248 e. The van der Waals surface area contributed by atoms with Crippen LogP contribution in [0.15, 0.2) is 33.7 Å². The molecule has 0 saturated carbocycles. The average Bonchev–Trinajstić information content (AvgIpc) is 3.00. The molecular weight excluding hydrogens is 438 g/mol. The highest BCUT2D eigenvalue weighted by atomic mass is 32.2. The van der Waals surface area contributed by atoms with E-state index >= 15 is 0 Å². The predicted molar refractivity (Wildman–Crippen MR) is 128 cm³/mol. The van der Waals surface area contributed by atoms with Gasteiger partial charge in [0, 0.05) is 32.1 Å². The smallest absolute Gasteiger partial charge is 0.248 e. The Balaban J connectivity index is 1.46. The molecule has 0 atom stereocenters. The summed E-state index contributed by atoms with van der Waals surface area (Å²) < 4.78 is 33.8. The van der Waals surface area contributed by atoms with Crippen molar-refractivity contribution in [2.24, 2.45) is 5.92 Å². The lowest BCUT2D eigenvalue weighted by molar-refractivity contribution is -0.136. The molecule has 0 spiro atoms. The third kappa shape index (κ3) is 5.38. The summed E-state index contributed by atoms with van der Waals surface area (Å²) in [6.45, 7) is 5.97. The molecule has 2 aliphatic heterocycles. The summed E-state index contributed by atoms with van der Waals surface area (Å²) in [4.78, 5) is 15.1. The second-order valence-electron chi connectivity index (χ2n) is 9.13. The second kappa shape index (κ2) is 10.2. The molecule has 0 N–H and O–H groups in total. The molecule has 33 heavy (non-hydrogen) atoms. The Labute approximate surface area is 196 Å². The van der Waals surface area contributed by atoms with E-state index in [1.807, 2.05) is 42.2 Å². The van der Waals surface area contributed by atoms with Gasteiger partial charge >= 0.3 is 0 Å². The second-order valence-corrected chi connectivity index (χ2v) is 11.0. The number of hydrogen-bond acceptors (Lipinski definition) is 5. The first-order valence-electron chi connectivity index (χ1n) is 11.9. The number of amides is 1. The first kappa shape index (κ1) is 23.7. The molecule has 7 nitrogen and oxygen atoms in total. The molecule has 1 aromatic heterocycles. The van der Waals surface area contributed by atoms with Crippen molar-refractivity contribution in [1.82, 2.24) is 14.4 Å². The predicted octanol–water partition coefficient (Wildman–Crippen LogP) is 4.27. The number of carbonyl (C=O) groups is 1. The van der Waals surface area contributed by atoms with E-state index in [1.165, 1.54) is 17.1 Å². The van der Waals surface area contributed by atoms with Gasteiger partial charge in [0.15, 0.2) is 10.7 Å². The normalized spacial score (nSPS) is 19.2. The molecule has 2 fully saturated rings. The van der Waals surface area contributed by atoms with Gasteiger partial charge in [0.05, 0.1) is 0 Å². The molecule has 178 valence electrons. The van der Waals surface area contributed by atoms with Gasteiger partial charge in [-0.05, 0) is 51.2 Å². The van der Waals surface area contributed by atoms with E-state index in [2.05, 4.69) is 5.16 Å². The zero-order chi connectivity index (χ0) is 23.4. The van der Waals surface area contributed by atoms with E-state index in [1.54, 1.807) is 13.0 Å². The van der Waals surface area contributed by atoms with E-state index in [-0.39, 0.29) is 22.5 Å². The Hall–Kier alpha value is -2.45. The first-order valence-corrected chi connectivity index (χ1v) is 13.3. The van der Waals surface area contributed by atoms with Crippen molar-refractivity contribution in [2.45, 2.75) is 57.3 Å². The van der Waals surface area contributed by atoms with Crippen LogP contribution < -0.4 is 0 Å². The van der Waals surface area contributed by atoms with Gasteiger partial charge in [0.1, 0.15) is 5.69 Å². The van der Waals surface area contributed by atoms with E-state index in [4.69, 9.17) is 4.52 Å². The maximum absolute atomic E-state index is 13.5. The summed E-state index contributed by atoms with van der Waals surface area (Å²) in [6.07, 6.45) is 9.07. The van der Waals surface area contributed by atoms with Crippen LogP contribution in [-0.4, -0.2) is 54.9 Å². The highest BCUT2D eigenvalue weighted by Crippen LogP contribution is 2.30. The lowest BCUT2D eigenvalue weighted by Gasteiger charge is -2.33. The molecule has 2 aromatic rings. The third-order valence-electron chi connectivity index (χ3n) is 6.62. The van der Waals surface area contributed by atoms with Crippen molar-refractivity contribution < 1.29 is 17.7 Å². The number of aromatic nitrogens is 1. The van der Waals surface area contributed by atoms with E-state index in [9.17, 15) is 13.2 Å². The number of aryl methyl sites for hydroxylation is 2. The summed E-state index contributed by atoms with van der Waals surface area (Å²) in [5, 5.41) is 3.93. The highest BCUT2D eigenvalue weighted by molar-refractivity contribution is 7.89. The van der Waals surface area contributed by atoms with Gasteiger partial charge in [0.25, 0.3) is 0 Å². The summed E-state index contributed by atoms with van der Waals surface area (Å²) in [5.74, 6) is 0.326. The van der Waals surface area contributed by atoms with Crippen molar-refractivity contribution >= 4 is 28.1 Å². The largest absolute Gasteiger partial charge is 0.355 e. The monoisotopic (exact) mass is 471 g/mol. The van der Waals surface area contributed by atoms with Crippen molar-refractivity contribution in [3.05, 3.63) is 46.8 Å². The van der Waals surface area contributed by atoms with Crippen LogP contribution in [0.3, 0.4) is 0 Å². The van der Waals surface area contributed by atoms with Crippen LogP contribution in [0, 0.1) is 19.8 Å².